The third-order valence-corrected chi connectivity index (χ3v) is 11.1. The van der Waals surface area contributed by atoms with E-state index in [0.717, 1.165) is 44.8 Å². The molecule has 4 aliphatic rings. The van der Waals surface area contributed by atoms with Gasteiger partial charge in [-0.25, -0.2) is 4.99 Å². The maximum atomic E-state index is 6.47. The fourth-order valence-electron chi connectivity index (χ4n) is 8.73. The Morgan fingerprint density at radius 2 is 1.02 bits per heavy atom. The van der Waals surface area contributed by atoms with Crippen LogP contribution in [0.4, 0.5) is 0 Å². The molecule has 1 spiro atoms. The number of allylic oxidation sites excluding steroid dienone is 2. The summed E-state index contributed by atoms with van der Waals surface area (Å²) >= 11 is 0. The van der Waals surface area contributed by atoms with Gasteiger partial charge < -0.3 is 10.1 Å². The first-order chi connectivity index (χ1) is 25.8. The second-order valence-electron chi connectivity index (χ2n) is 13.8. The molecule has 3 heterocycles. The van der Waals surface area contributed by atoms with Gasteiger partial charge in [0.25, 0.3) is 0 Å². The van der Waals surface area contributed by atoms with Gasteiger partial charge in [-0.3, -0.25) is 4.98 Å². The second-order valence-corrected chi connectivity index (χ2v) is 13.8. The van der Waals surface area contributed by atoms with Crippen LogP contribution in [0.5, 0.6) is 0 Å². The van der Waals surface area contributed by atoms with E-state index in [4.69, 9.17) is 9.73 Å². The molecule has 2 aliphatic heterocycles. The number of benzene rings is 6. The summed E-state index contributed by atoms with van der Waals surface area (Å²) in [5.74, 6) is 0.624. The van der Waals surface area contributed by atoms with E-state index in [-0.39, 0.29) is 11.6 Å². The van der Waals surface area contributed by atoms with Crippen LogP contribution in [0.15, 0.2) is 187 Å². The van der Waals surface area contributed by atoms with E-state index >= 15 is 0 Å². The predicted octanol–water partition coefficient (Wildman–Crippen LogP) is 10.4. The van der Waals surface area contributed by atoms with Crippen LogP contribution in [0.1, 0.15) is 33.4 Å². The molecule has 0 radical (unpaired) electrons. The van der Waals surface area contributed by atoms with Crippen molar-refractivity contribution >= 4 is 11.6 Å². The van der Waals surface area contributed by atoms with Crippen molar-refractivity contribution < 1.29 is 4.74 Å². The zero-order valence-corrected chi connectivity index (χ0v) is 28.1. The van der Waals surface area contributed by atoms with Crippen LogP contribution < -0.4 is 5.32 Å². The van der Waals surface area contributed by atoms with Crippen molar-refractivity contribution in [3.63, 3.8) is 0 Å². The Hall–Kier alpha value is -6.78. The molecule has 0 saturated carbocycles. The van der Waals surface area contributed by atoms with Gasteiger partial charge in [-0.05, 0) is 109 Å². The zero-order chi connectivity index (χ0) is 34.2. The van der Waals surface area contributed by atoms with Crippen molar-refractivity contribution in [2.24, 2.45) is 4.99 Å². The quantitative estimate of drug-likeness (QED) is 0.204. The summed E-state index contributed by atoms with van der Waals surface area (Å²) in [6.45, 7) is 0. The summed E-state index contributed by atoms with van der Waals surface area (Å²) in [4.78, 5) is 9.14. The lowest BCUT2D eigenvalue weighted by molar-refractivity contribution is 0.226. The fraction of sp³-hybridized carbons (Fsp3) is 0.0417. The maximum Gasteiger partial charge on any atom is 0.223 e. The Labute approximate surface area is 302 Å². The van der Waals surface area contributed by atoms with Crippen LogP contribution in [0, 0.1) is 0 Å². The molecule has 1 unspecified atom stereocenters. The first kappa shape index (κ1) is 29.0. The van der Waals surface area contributed by atoms with Crippen molar-refractivity contribution in [1.82, 2.24) is 10.3 Å². The lowest BCUT2D eigenvalue weighted by Gasteiger charge is -2.31. The highest BCUT2D eigenvalue weighted by Gasteiger charge is 2.51. The molecule has 6 aromatic carbocycles. The molecular formula is C48H31N3O. The van der Waals surface area contributed by atoms with Gasteiger partial charge >= 0.3 is 0 Å². The van der Waals surface area contributed by atoms with Gasteiger partial charge in [0.1, 0.15) is 5.70 Å². The Balaban J connectivity index is 0.902. The Morgan fingerprint density at radius 1 is 0.481 bits per heavy atom. The molecular weight excluding hydrogens is 635 g/mol. The molecule has 1 N–H and O–H groups in total. The molecule has 1 aromatic heterocycles. The summed E-state index contributed by atoms with van der Waals surface area (Å²) < 4.78 is 6.47. The number of aliphatic imine (C=N–C) groups is 1. The van der Waals surface area contributed by atoms with E-state index in [2.05, 4.69) is 168 Å². The number of hydrogen-bond donors (Lipinski definition) is 1. The highest BCUT2D eigenvalue weighted by molar-refractivity contribution is 5.98. The number of ether oxygens (including phenoxy) is 1. The molecule has 2 aliphatic carbocycles. The van der Waals surface area contributed by atoms with Crippen molar-refractivity contribution in [3.8, 4) is 44.5 Å². The molecule has 4 nitrogen and oxygen atoms in total. The topological polar surface area (TPSA) is 46.5 Å². The monoisotopic (exact) mass is 665 g/mol. The molecule has 1 atom stereocenters. The average Bonchev–Trinajstić information content (AvgIpc) is 3.88. The van der Waals surface area contributed by atoms with Gasteiger partial charge in [-0.15, -0.1) is 0 Å². The number of fused-ring (bicyclic) bond motifs is 11. The number of hydrogen-bond acceptors (Lipinski definition) is 4. The first-order valence-electron chi connectivity index (χ1n) is 17.7. The third kappa shape index (κ3) is 4.15. The van der Waals surface area contributed by atoms with E-state index in [0.29, 0.717) is 5.90 Å². The lowest BCUT2D eigenvalue weighted by Crippen LogP contribution is -2.32. The van der Waals surface area contributed by atoms with Crippen molar-refractivity contribution in [1.29, 1.82) is 0 Å². The largest absolute Gasteiger partial charge is 0.447 e. The Kier molecular flexibility index (Phi) is 6.20. The zero-order valence-electron chi connectivity index (χ0n) is 28.1. The molecule has 244 valence electrons. The number of pyridine rings is 1. The van der Waals surface area contributed by atoms with Crippen molar-refractivity contribution in [3.05, 3.63) is 215 Å². The second kappa shape index (κ2) is 11.1. The van der Waals surface area contributed by atoms with Gasteiger partial charge in [0, 0.05) is 23.7 Å². The summed E-state index contributed by atoms with van der Waals surface area (Å²) in [5.41, 5.74) is 18.7. The van der Waals surface area contributed by atoms with Crippen LogP contribution in [-0.2, 0) is 10.2 Å². The number of nitrogens with one attached hydrogen (secondary N) is 1. The maximum absolute atomic E-state index is 6.47. The number of nitrogens with zero attached hydrogens (tertiary/aromatic N) is 2. The van der Waals surface area contributed by atoms with Crippen LogP contribution in [0.25, 0.3) is 50.2 Å². The van der Waals surface area contributed by atoms with Crippen LogP contribution >= 0.6 is 0 Å². The molecule has 7 aromatic rings. The van der Waals surface area contributed by atoms with E-state index < -0.39 is 0 Å². The molecule has 0 saturated heterocycles. The van der Waals surface area contributed by atoms with Gasteiger partial charge in [0.2, 0.25) is 12.1 Å². The summed E-state index contributed by atoms with van der Waals surface area (Å²) in [5, 5.41) is 3.67. The van der Waals surface area contributed by atoms with E-state index in [1.54, 1.807) is 6.20 Å². The van der Waals surface area contributed by atoms with Crippen molar-refractivity contribution in [2.75, 3.05) is 0 Å². The normalized spacial score (nSPS) is 16.7. The van der Waals surface area contributed by atoms with E-state index in [9.17, 15) is 0 Å². The van der Waals surface area contributed by atoms with Crippen LogP contribution in [0.2, 0.25) is 0 Å². The molecule has 0 bridgehead atoms. The van der Waals surface area contributed by atoms with E-state index in [1.165, 1.54) is 44.5 Å². The third-order valence-electron chi connectivity index (χ3n) is 11.1. The SMILES string of the molecule is C1=C(c2ccc3c(c2)C2(c4ccccc4-c4ccccc42)c2ccccc2-3)NC2OC(c3ccc(-c4ccc(-c5cccnc5)cc4)cc3)=NC2=C1. The minimum absolute atomic E-state index is 0.359. The van der Waals surface area contributed by atoms with Crippen molar-refractivity contribution in [2.45, 2.75) is 11.6 Å². The van der Waals surface area contributed by atoms with Gasteiger partial charge in [0.05, 0.1) is 5.41 Å². The van der Waals surface area contributed by atoms with Gasteiger partial charge in [-0.2, -0.15) is 0 Å². The molecule has 52 heavy (non-hydrogen) atoms. The summed E-state index contributed by atoms with van der Waals surface area (Å²) in [6, 6.07) is 54.8. The number of aromatic nitrogens is 1. The molecule has 0 fully saturated rings. The van der Waals surface area contributed by atoms with Crippen LogP contribution in [0.3, 0.4) is 0 Å². The summed E-state index contributed by atoms with van der Waals surface area (Å²) in [7, 11) is 0. The Bertz CT molecular complexity index is 2610. The number of dihydropyridines is 1. The molecule has 4 heteroatoms. The lowest BCUT2D eigenvalue weighted by atomic mass is 9.70. The molecule has 0 amide bonds. The highest BCUT2D eigenvalue weighted by atomic mass is 16.5. The van der Waals surface area contributed by atoms with Gasteiger partial charge in [-0.1, -0.05) is 127 Å². The standard InChI is InChI=1S/C48H31N3O/c1-4-12-40-36(9-1)37-10-2-5-13-41(37)48(40)42-14-6-3-11-38(42)39-24-23-34(28-43(39)48)44-25-26-45-47(50-44)52-46(51-45)33-21-19-31(20-22-33)30-15-17-32(18-16-30)35-8-7-27-49-29-35/h1-29,47,50H. The highest BCUT2D eigenvalue weighted by Crippen LogP contribution is 2.62. The average molecular weight is 666 g/mol. The Morgan fingerprint density at radius 3 is 1.62 bits per heavy atom. The van der Waals surface area contributed by atoms with Crippen LogP contribution in [-0.4, -0.2) is 17.1 Å². The first-order valence-corrected chi connectivity index (χ1v) is 17.7. The minimum atomic E-state index is -0.376. The van der Waals surface area contributed by atoms with Gasteiger partial charge in [0.15, 0.2) is 0 Å². The minimum Gasteiger partial charge on any atom is -0.447 e. The smallest absolute Gasteiger partial charge is 0.223 e. The molecule has 11 rings (SSSR count). The summed E-state index contributed by atoms with van der Waals surface area (Å²) in [6.07, 6.45) is 7.54. The van der Waals surface area contributed by atoms with E-state index in [1.807, 2.05) is 12.3 Å². The fourth-order valence-corrected chi connectivity index (χ4v) is 8.73. The number of rotatable bonds is 4. The predicted molar refractivity (Wildman–Crippen MR) is 208 cm³/mol.